The lowest BCUT2D eigenvalue weighted by atomic mass is 10.0. The minimum absolute atomic E-state index is 0.0394. The molecule has 1 atom stereocenters. The Morgan fingerprint density at radius 1 is 1.26 bits per heavy atom. The Labute approximate surface area is 120 Å². The molecule has 1 aromatic rings. The number of alkyl halides is 1. The summed E-state index contributed by atoms with van der Waals surface area (Å²) >= 11 is 5.44. The van der Waals surface area contributed by atoms with Gasteiger partial charge in [0.05, 0.1) is 19.0 Å². The van der Waals surface area contributed by atoms with Gasteiger partial charge in [-0.05, 0) is 11.5 Å². The Hall–Kier alpha value is -0.620. The van der Waals surface area contributed by atoms with Gasteiger partial charge in [-0.2, -0.15) is 0 Å². The number of halogens is 1. The van der Waals surface area contributed by atoms with E-state index in [2.05, 4.69) is 4.72 Å². The average Bonchev–Trinajstić information content (AvgIpc) is 2.39. The molecule has 0 bridgehead atoms. The van der Waals surface area contributed by atoms with Gasteiger partial charge in [0.2, 0.25) is 10.0 Å². The van der Waals surface area contributed by atoms with Crippen molar-refractivity contribution in [3.05, 3.63) is 35.9 Å². The smallest absolute Gasteiger partial charge is 0.212 e. The van der Waals surface area contributed by atoms with E-state index >= 15 is 0 Å². The number of hydrogen-bond acceptors (Lipinski definition) is 3. The highest BCUT2D eigenvalue weighted by Gasteiger charge is 2.16. The van der Waals surface area contributed by atoms with Gasteiger partial charge in [-0.3, -0.25) is 0 Å². The highest BCUT2D eigenvalue weighted by molar-refractivity contribution is 7.89. The molecular weight excluding hydrogens is 286 g/mol. The SMILES string of the molecule is CC(CS(=O)(=O)NCCOCCCl)c1ccccc1. The summed E-state index contributed by atoms with van der Waals surface area (Å²) in [7, 11) is -3.28. The van der Waals surface area contributed by atoms with E-state index in [1.54, 1.807) is 0 Å². The third-order valence-corrected chi connectivity index (χ3v) is 4.36. The van der Waals surface area contributed by atoms with Crippen LogP contribution in [0.15, 0.2) is 30.3 Å². The molecule has 19 heavy (non-hydrogen) atoms. The molecule has 1 N–H and O–H groups in total. The van der Waals surface area contributed by atoms with Crippen molar-refractivity contribution < 1.29 is 13.2 Å². The molecule has 6 heteroatoms. The van der Waals surface area contributed by atoms with Crippen molar-refractivity contribution in [1.29, 1.82) is 0 Å². The quantitative estimate of drug-likeness (QED) is 0.560. The van der Waals surface area contributed by atoms with E-state index in [1.807, 2.05) is 37.3 Å². The van der Waals surface area contributed by atoms with Gasteiger partial charge in [-0.15, -0.1) is 11.6 Å². The van der Waals surface area contributed by atoms with Crippen LogP contribution in [0.4, 0.5) is 0 Å². The maximum atomic E-state index is 11.9. The zero-order valence-corrected chi connectivity index (χ0v) is 12.6. The molecular formula is C13H20ClNO3S. The average molecular weight is 306 g/mol. The number of sulfonamides is 1. The van der Waals surface area contributed by atoms with Crippen LogP contribution < -0.4 is 4.72 Å². The molecule has 0 saturated carbocycles. The topological polar surface area (TPSA) is 55.4 Å². The molecule has 0 aliphatic carbocycles. The molecule has 108 valence electrons. The van der Waals surface area contributed by atoms with E-state index < -0.39 is 10.0 Å². The second-order valence-corrected chi connectivity index (χ2v) is 6.52. The number of hydrogen-bond donors (Lipinski definition) is 1. The van der Waals surface area contributed by atoms with Gasteiger partial charge in [0.25, 0.3) is 0 Å². The normalized spacial score (nSPS) is 13.4. The van der Waals surface area contributed by atoms with Crippen LogP contribution in [0.2, 0.25) is 0 Å². The highest BCUT2D eigenvalue weighted by atomic mass is 35.5. The van der Waals surface area contributed by atoms with Crippen molar-refractivity contribution in [1.82, 2.24) is 4.72 Å². The van der Waals surface area contributed by atoms with Crippen LogP contribution in [0.25, 0.3) is 0 Å². The number of rotatable bonds is 9. The summed E-state index contributed by atoms with van der Waals surface area (Å²) in [6.45, 7) is 2.95. The standard InChI is InChI=1S/C13H20ClNO3S/c1-12(13-5-3-2-4-6-13)11-19(16,17)15-8-10-18-9-7-14/h2-6,12,15H,7-11H2,1H3. The zero-order valence-electron chi connectivity index (χ0n) is 11.0. The fraction of sp³-hybridized carbons (Fsp3) is 0.538. The monoisotopic (exact) mass is 305 g/mol. The first-order valence-electron chi connectivity index (χ1n) is 6.21. The maximum absolute atomic E-state index is 11.9. The minimum Gasteiger partial charge on any atom is -0.379 e. The molecule has 0 radical (unpaired) electrons. The molecule has 1 unspecified atom stereocenters. The molecule has 0 saturated heterocycles. The van der Waals surface area contributed by atoms with Crippen molar-refractivity contribution in [2.75, 3.05) is 31.4 Å². The third-order valence-electron chi connectivity index (χ3n) is 2.63. The summed E-state index contributed by atoms with van der Waals surface area (Å²) < 4.78 is 31.3. The van der Waals surface area contributed by atoms with E-state index in [4.69, 9.17) is 16.3 Å². The molecule has 0 spiro atoms. The molecule has 1 aromatic carbocycles. The third kappa shape index (κ3) is 6.92. The second-order valence-electron chi connectivity index (χ2n) is 4.29. The van der Waals surface area contributed by atoms with Crippen LogP contribution in [-0.4, -0.2) is 39.8 Å². The van der Waals surface area contributed by atoms with Gasteiger partial charge in [-0.1, -0.05) is 37.3 Å². The molecule has 0 amide bonds. The highest BCUT2D eigenvalue weighted by Crippen LogP contribution is 2.15. The molecule has 0 aliphatic heterocycles. The first-order chi connectivity index (χ1) is 9.05. The fourth-order valence-electron chi connectivity index (χ4n) is 1.69. The van der Waals surface area contributed by atoms with Gasteiger partial charge in [0, 0.05) is 12.4 Å². The molecule has 1 rings (SSSR count). The van der Waals surface area contributed by atoms with E-state index in [0.29, 0.717) is 19.1 Å². The number of ether oxygens (including phenoxy) is 1. The predicted octanol–water partition coefficient (Wildman–Crippen LogP) is 1.96. The Kier molecular flexibility index (Phi) is 7.38. The van der Waals surface area contributed by atoms with Crippen LogP contribution in [0.1, 0.15) is 18.4 Å². The predicted molar refractivity (Wildman–Crippen MR) is 78.2 cm³/mol. The van der Waals surface area contributed by atoms with Gasteiger partial charge in [0.15, 0.2) is 0 Å². The minimum atomic E-state index is -3.28. The van der Waals surface area contributed by atoms with Crippen LogP contribution >= 0.6 is 11.6 Å². The van der Waals surface area contributed by atoms with Crippen LogP contribution in [0.5, 0.6) is 0 Å². The molecule has 0 aliphatic rings. The summed E-state index contributed by atoms with van der Waals surface area (Å²) in [4.78, 5) is 0. The summed E-state index contributed by atoms with van der Waals surface area (Å²) in [6.07, 6.45) is 0. The van der Waals surface area contributed by atoms with Gasteiger partial charge in [0.1, 0.15) is 0 Å². The van der Waals surface area contributed by atoms with Crippen molar-refractivity contribution in [2.24, 2.45) is 0 Å². The van der Waals surface area contributed by atoms with Crippen LogP contribution in [0, 0.1) is 0 Å². The Balaban J connectivity index is 2.38. The molecule has 0 fully saturated rings. The van der Waals surface area contributed by atoms with Crippen molar-refractivity contribution in [3.63, 3.8) is 0 Å². The zero-order chi connectivity index (χ0) is 14.1. The number of benzene rings is 1. The van der Waals surface area contributed by atoms with Gasteiger partial charge in [-0.25, -0.2) is 13.1 Å². The van der Waals surface area contributed by atoms with E-state index in [1.165, 1.54) is 0 Å². The summed E-state index contributed by atoms with van der Waals surface area (Å²) in [5, 5.41) is 0. The van der Waals surface area contributed by atoms with Gasteiger partial charge >= 0.3 is 0 Å². The van der Waals surface area contributed by atoms with Crippen LogP contribution in [0.3, 0.4) is 0 Å². The van der Waals surface area contributed by atoms with Crippen molar-refractivity contribution in [3.8, 4) is 0 Å². The van der Waals surface area contributed by atoms with Crippen LogP contribution in [-0.2, 0) is 14.8 Å². The van der Waals surface area contributed by atoms with Crippen molar-refractivity contribution in [2.45, 2.75) is 12.8 Å². The fourth-order valence-corrected chi connectivity index (χ4v) is 3.16. The van der Waals surface area contributed by atoms with E-state index in [-0.39, 0.29) is 18.2 Å². The first-order valence-corrected chi connectivity index (χ1v) is 8.40. The Morgan fingerprint density at radius 2 is 1.95 bits per heavy atom. The van der Waals surface area contributed by atoms with E-state index in [0.717, 1.165) is 5.56 Å². The largest absolute Gasteiger partial charge is 0.379 e. The lowest BCUT2D eigenvalue weighted by molar-refractivity contribution is 0.155. The summed E-state index contributed by atoms with van der Waals surface area (Å²) in [5.41, 5.74) is 1.02. The van der Waals surface area contributed by atoms with E-state index in [9.17, 15) is 8.42 Å². The summed E-state index contributed by atoms with van der Waals surface area (Å²) in [6, 6.07) is 9.60. The summed E-state index contributed by atoms with van der Waals surface area (Å²) in [5.74, 6) is 0.451. The van der Waals surface area contributed by atoms with Crippen molar-refractivity contribution >= 4 is 21.6 Å². The molecule has 0 heterocycles. The lowest BCUT2D eigenvalue weighted by Crippen LogP contribution is -2.31. The maximum Gasteiger partial charge on any atom is 0.212 e. The lowest BCUT2D eigenvalue weighted by Gasteiger charge is -2.13. The Bertz CT molecular complexity index is 450. The van der Waals surface area contributed by atoms with Gasteiger partial charge < -0.3 is 4.74 Å². The first kappa shape index (κ1) is 16.4. The Morgan fingerprint density at radius 3 is 2.58 bits per heavy atom. The molecule has 0 aromatic heterocycles. The second kappa shape index (κ2) is 8.53. The number of nitrogens with one attached hydrogen (secondary N) is 1. The molecule has 4 nitrogen and oxygen atoms in total.